The van der Waals surface area contributed by atoms with Gasteiger partial charge in [-0.15, -0.1) is 22.7 Å². The third kappa shape index (κ3) is 1.59. The van der Waals surface area contributed by atoms with E-state index in [4.69, 9.17) is 5.73 Å². The Morgan fingerprint density at radius 1 is 1.21 bits per heavy atom. The molecule has 72 valence electrons. The highest BCUT2D eigenvalue weighted by Crippen LogP contribution is 2.28. The van der Waals surface area contributed by atoms with Crippen molar-refractivity contribution < 1.29 is 4.79 Å². The second-order valence-electron chi connectivity index (χ2n) is 2.30. The number of rotatable bonds is 2. The molecular weight excluding hydrogens is 220 g/mol. The normalized spacial score (nSPS) is 10.0. The molecular formula is C7H6N4OS2. The maximum absolute atomic E-state index is 11.2. The Kier molecular flexibility index (Phi) is 2.42. The smallest absolute Gasteiger partial charge is 0.327 e. The summed E-state index contributed by atoms with van der Waals surface area (Å²) in [5.41, 5.74) is 5.24. The van der Waals surface area contributed by atoms with Gasteiger partial charge in [0, 0.05) is 23.2 Å². The van der Waals surface area contributed by atoms with Gasteiger partial charge in [-0.25, -0.2) is 19.7 Å². The Balaban J connectivity index is 2.40. The predicted octanol–water partition coefficient (Wildman–Crippen LogP) is 1.82. The molecule has 7 heteroatoms. The first-order valence-electron chi connectivity index (χ1n) is 3.67. The van der Waals surface area contributed by atoms with Crippen molar-refractivity contribution in [1.29, 1.82) is 0 Å². The predicted molar refractivity (Wildman–Crippen MR) is 56.0 cm³/mol. The van der Waals surface area contributed by atoms with E-state index < -0.39 is 6.03 Å². The number of anilines is 2. The summed E-state index contributed by atoms with van der Waals surface area (Å²) in [5.74, 6) is 0. The standard InChI is InChI=1S/C7H6N4OS2/c8-5(12)11(6-9-1-3-13-6)7-10-2-4-14-7/h1-4H,(H2,8,12). The number of urea groups is 1. The average Bonchev–Trinajstić information content (AvgIpc) is 2.75. The molecule has 0 atom stereocenters. The number of amides is 2. The van der Waals surface area contributed by atoms with Crippen molar-refractivity contribution in [2.24, 2.45) is 5.73 Å². The van der Waals surface area contributed by atoms with E-state index >= 15 is 0 Å². The van der Waals surface area contributed by atoms with Crippen molar-refractivity contribution in [3.63, 3.8) is 0 Å². The lowest BCUT2D eigenvalue weighted by Crippen LogP contribution is -2.31. The fourth-order valence-corrected chi connectivity index (χ4v) is 2.27. The lowest BCUT2D eigenvalue weighted by Gasteiger charge is -2.12. The number of hydrogen-bond donors (Lipinski definition) is 1. The Labute approximate surface area is 87.8 Å². The summed E-state index contributed by atoms with van der Waals surface area (Å²) in [6.07, 6.45) is 3.23. The molecule has 2 aromatic rings. The van der Waals surface area contributed by atoms with E-state index in [9.17, 15) is 4.79 Å². The minimum atomic E-state index is -0.574. The molecule has 0 aliphatic heterocycles. The van der Waals surface area contributed by atoms with Crippen molar-refractivity contribution in [3.8, 4) is 0 Å². The van der Waals surface area contributed by atoms with Crippen LogP contribution in [0.15, 0.2) is 23.2 Å². The van der Waals surface area contributed by atoms with Crippen LogP contribution in [0.2, 0.25) is 0 Å². The average molecular weight is 226 g/mol. The van der Waals surface area contributed by atoms with Gasteiger partial charge in [-0.2, -0.15) is 0 Å². The summed E-state index contributed by atoms with van der Waals surface area (Å²) >= 11 is 2.68. The van der Waals surface area contributed by atoms with Crippen LogP contribution in [0.1, 0.15) is 0 Å². The van der Waals surface area contributed by atoms with Crippen molar-refractivity contribution in [2.75, 3.05) is 4.90 Å². The van der Waals surface area contributed by atoms with E-state index in [2.05, 4.69) is 9.97 Å². The third-order valence-corrected chi connectivity index (χ3v) is 2.95. The van der Waals surface area contributed by atoms with Crippen LogP contribution in [0.25, 0.3) is 0 Å². The highest BCUT2D eigenvalue weighted by Gasteiger charge is 2.19. The van der Waals surface area contributed by atoms with Gasteiger partial charge >= 0.3 is 6.03 Å². The fraction of sp³-hybridized carbons (Fsp3) is 0. The monoisotopic (exact) mass is 226 g/mol. The molecule has 0 aromatic carbocycles. The van der Waals surface area contributed by atoms with E-state index in [1.807, 2.05) is 0 Å². The maximum Gasteiger partial charge on any atom is 0.327 e. The molecule has 0 saturated carbocycles. The number of primary amides is 1. The van der Waals surface area contributed by atoms with Gasteiger partial charge in [0.15, 0.2) is 10.3 Å². The molecule has 0 bridgehead atoms. The zero-order valence-corrected chi connectivity index (χ0v) is 8.59. The molecule has 2 heterocycles. The second kappa shape index (κ2) is 3.72. The van der Waals surface area contributed by atoms with Crippen LogP contribution in [-0.4, -0.2) is 16.0 Å². The van der Waals surface area contributed by atoms with Crippen LogP contribution in [0, 0.1) is 0 Å². The van der Waals surface area contributed by atoms with E-state index in [0.29, 0.717) is 10.3 Å². The summed E-state index contributed by atoms with van der Waals surface area (Å²) in [7, 11) is 0. The van der Waals surface area contributed by atoms with Crippen molar-refractivity contribution in [2.45, 2.75) is 0 Å². The van der Waals surface area contributed by atoms with E-state index in [0.717, 1.165) is 0 Å². The van der Waals surface area contributed by atoms with Crippen molar-refractivity contribution in [1.82, 2.24) is 9.97 Å². The first kappa shape index (κ1) is 9.10. The molecule has 2 N–H and O–H groups in total. The molecule has 0 fully saturated rings. The number of nitrogens with two attached hydrogens (primary N) is 1. The lowest BCUT2D eigenvalue weighted by atomic mass is 10.8. The van der Waals surface area contributed by atoms with Gasteiger partial charge in [-0.05, 0) is 0 Å². The molecule has 14 heavy (non-hydrogen) atoms. The molecule has 2 amide bonds. The first-order valence-corrected chi connectivity index (χ1v) is 5.43. The number of hydrogen-bond acceptors (Lipinski definition) is 5. The third-order valence-electron chi connectivity index (χ3n) is 1.44. The number of thiazole rings is 2. The Morgan fingerprint density at radius 2 is 1.71 bits per heavy atom. The Morgan fingerprint density at radius 3 is 2.00 bits per heavy atom. The van der Waals surface area contributed by atoms with Gasteiger partial charge < -0.3 is 5.73 Å². The molecule has 0 unspecified atom stereocenters. The minimum Gasteiger partial charge on any atom is -0.351 e. The minimum absolute atomic E-state index is 0.535. The number of nitrogens with zero attached hydrogens (tertiary/aromatic N) is 3. The molecule has 0 aliphatic rings. The molecule has 0 radical (unpaired) electrons. The van der Waals surface area contributed by atoms with Crippen LogP contribution in [0.4, 0.5) is 15.1 Å². The van der Waals surface area contributed by atoms with Gasteiger partial charge in [-0.3, -0.25) is 0 Å². The van der Waals surface area contributed by atoms with Gasteiger partial charge in [0.25, 0.3) is 0 Å². The topological polar surface area (TPSA) is 72.1 Å². The van der Waals surface area contributed by atoms with Crippen LogP contribution in [0.3, 0.4) is 0 Å². The van der Waals surface area contributed by atoms with Gasteiger partial charge in [0.1, 0.15) is 0 Å². The molecule has 0 spiro atoms. The largest absolute Gasteiger partial charge is 0.351 e. The lowest BCUT2D eigenvalue weighted by molar-refractivity contribution is 0.256. The van der Waals surface area contributed by atoms with Gasteiger partial charge in [0.05, 0.1) is 0 Å². The fourth-order valence-electron chi connectivity index (χ4n) is 0.923. The van der Waals surface area contributed by atoms with Crippen LogP contribution < -0.4 is 10.6 Å². The number of aromatic nitrogens is 2. The molecule has 2 aromatic heterocycles. The van der Waals surface area contributed by atoms with Gasteiger partial charge in [-0.1, -0.05) is 0 Å². The Bertz CT molecular complexity index is 377. The van der Waals surface area contributed by atoms with Crippen molar-refractivity contribution >= 4 is 39.0 Å². The van der Waals surface area contributed by atoms with E-state index in [1.165, 1.54) is 27.6 Å². The molecule has 2 rings (SSSR count). The number of carbonyl (C=O) groups is 1. The highest BCUT2D eigenvalue weighted by molar-refractivity contribution is 7.16. The zero-order chi connectivity index (χ0) is 9.97. The Hall–Kier alpha value is -1.47. The zero-order valence-electron chi connectivity index (χ0n) is 6.95. The van der Waals surface area contributed by atoms with Crippen LogP contribution >= 0.6 is 22.7 Å². The molecule has 5 nitrogen and oxygen atoms in total. The van der Waals surface area contributed by atoms with E-state index in [-0.39, 0.29) is 0 Å². The van der Waals surface area contributed by atoms with E-state index in [1.54, 1.807) is 23.2 Å². The molecule has 0 saturated heterocycles. The molecule has 0 aliphatic carbocycles. The summed E-state index contributed by atoms with van der Waals surface area (Å²) in [6, 6.07) is -0.574. The summed E-state index contributed by atoms with van der Waals surface area (Å²) in [6.45, 7) is 0. The highest BCUT2D eigenvalue weighted by atomic mass is 32.1. The summed E-state index contributed by atoms with van der Waals surface area (Å²) in [5, 5.41) is 4.62. The number of carbonyl (C=O) groups excluding carboxylic acids is 1. The SMILES string of the molecule is NC(=O)N(c1nccs1)c1nccs1. The second-order valence-corrected chi connectivity index (χ2v) is 4.05. The van der Waals surface area contributed by atoms with Crippen molar-refractivity contribution in [3.05, 3.63) is 23.2 Å². The van der Waals surface area contributed by atoms with Gasteiger partial charge in [0.2, 0.25) is 0 Å². The summed E-state index contributed by atoms with van der Waals surface area (Å²) < 4.78 is 0. The quantitative estimate of drug-likeness (QED) is 0.848. The van der Waals surface area contributed by atoms with Crippen LogP contribution in [-0.2, 0) is 0 Å². The first-order chi connectivity index (χ1) is 6.79. The van der Waals surface area contributed by atoms with Crippen LogP contribution in [0.5, 0.6) is 0 Å². The summed E-state index contributed by atoms with van der Waals surface area (Å²) in [4.78, 5) is 20.5. The maximum atomic E-state index is 11.2.